The third-order valence-corrected chi connectivity index (χ3v) is 6.27. The van der Waals surface area contributed by atoms with Crippen LogP contribution in [0.2, 0.25) is 0 Å². The van der Waals surface area contributed by atoms with E-state index in [0.29, 0.717) is 13.0 Å². The summed E-state index contributed by atoms with van der Waals surface area (Å²) in [5, 5.41) is 17.5. The van der Waals surface area contributed by atoms with Crippen molar-refractivity contribution in [3.05, 3.63) is 35.7 Å². The zero-order chi connectivity index (χ0) is 23.3. The van der Waals surface area contributed by atoms with E-state index in [4.69, 9.17) is 4.84 Å². The molecule has 0 aliphatic carbocycles. The number of carboxylic acids is 1. The standard InChI is InChI=1S/C20H23N5O6S/c1-3-4-8-31-24-15(13-6-5-7-14(22-13)21-10-26)17(27)23-16-18(28)25-9-12(20(29)30)11(2)32-19(16)25/h5-7,9-11,16,19H,3-4,8H2,1-2H3,(H,23,27)(H,29,30)(H,21,22,26)/t11?,16?,19-/m1/s1. The van der Waals surface area contributed by atoms with Crippen molar-refractivity contribution < 1.29 is 29.1 Å². The van der Waals surface area contributed by atoms with Crippen LogP contribution >= 0.6 is 11.8 Å². The number of aliphatic carboxylic acids is 1. The van der Waals surface area contributed by atoms with Gasteiger partial charge in [-0.25, -0.2) is 9.78 Å². The average Bonchev–Trinajstić information content (AvgIpc) is 2.77. The summed E-state index contributed by atoms with van der Waals surface area (Å²) in [6.07, 6.45) is 3.40. The summed E-state index contributed by atoms with van der Waals surface area (Å²) >= 11 is 1.27. The lowest BCUT2D eigenvalue weighted by atomic mass is 10.1. The topological polar surface area (TPSA) is 150 Å². The van der Waals surface area contributed by atoms with Crippen molar-refractivity contribution in [1.82, 2.24) is 15.2 Å². The molecule has 32 heavy (non-hydrogen) atoms. The van der Waals surface area contributed by atoms with Crippen LogP contribution in [0.15, 0.2) is 35.1 Å². The normalized spacial score (nSPS) is 22.2. The van der Waals surface area contributed by atoms with Gasteiger partial charge in [-0.2, -0.15) is 0 Å². The molecule has 1 aromatic heterocycles. The van der Waals surface area contributed by atoms with Crippen LogP contribution in [-0.2, 0) is 24.0 Å². The Labute approximate surface area is 188 Å². The van der Waals surface area contributed by atoms with Crippen molar-refractivity contribution in [1.29, 1.82) is 0 Å². The number of carbonyl (C=O) groups excluding carboxylic acids is 3. The van der Waals surface area contributed by atoms with Crippen LogP contribution < -0.4 is 10.6 Å². The van der Waals surface area contributed by atoms with E-state index in [9.17, 15) is 24.3 Å². The van der Waals surface area contributed by atoms with E-state index in [2.05, 4.69) is 20.8 Å². The predicted octanol–water partition coefficient (Wildman–Crippen LogP) is 0.928. The highest BCUT2D eigenvalue weighted by Gasteiger charge is 2.51. The number of rotatable bonds is 10. The molecular formula is C20H23N5O6S. The minimum atomic E-state index is -1.09. The third-order valence-electron chi connectivity index (χ3n) is 4.83. The van der Waals surface area contributed by atoms with Crippen molar-refractivity contribution in [3.63, 3.8) is 0 Å². The van der Waals surface area contributed by atoms with Crippen LogP contribution in [0.25, 0.3) is 0 Å². The molecule has 11 nitrogen and oxygen atoms in total. The molecule has 3 atom stereocenters. The smallest absolute Gasteiger partial charge is 0.334 e. The molecule has 0 spiro atoms. The largest absolute Gasteiger partial charge is 0.478 e. The van der Waals surface area contributed by atoms with Gasteiger partial charge in [0, 0.05) is 11.4 Å². The first kappa shape index (κ1) is 23.3. The maximum Gasteiger partial charge on any atom is 0.334 e. The van der Waals surface area contributed by atoms with Gasteiger partial charge in [-0.3, -0.25) is 14.4 Å². The molecule has 3 rings (SSSR count). The SMILES string of the molecule is CCCCON=C(C(=O)NC1C(=O)N2C=C(C(=O)O)C(C)S[C@H]12)c1cccc(NC=O)n1. The number of thioether (sulfide) groups is 1. The summed E-state index contributed by atoms with van der Waals surface area (Å²) < 4.78 is 0. The van der Waals surface area contributed by atoms with Crippen LogP contribution in [0.5, 0.6) is 0 Å². The van der Waals surface area contributed by atoms with E-state index in [1.165, 1.54) is 28.9 Å². The fraction of sp³-hybridized carbons (Fsp3) is 0.400. The summed E-state index contributed by atoms with van der Waals surface area (Å²) in [7, 11) is 0. The van der Waals surface area contributed by atoms with E-state index < -0.39 is 29.2 Å². The molecule has 1 aromatic rings. The van der Waals surface area contributed by atoms with Gasteiger partial charge < -0.3 is 25.5 Å². The van der Waals surface area contributed by atoms with Gasteiger partial charge in [-0.1, -0.05) is 24.6 Å². The molecular weight excluding hydrogens is 438 g/mol. The van der Waals surface area contributed by atoms with Gasteiger partial charge >= 0.3 is 5.97 Å². The summed E-state index contributed by atoms with van der Waals surface area (Å²) in [5.41, 5.74) is 0.143. The lowest BCUT2D eigenvalue weighted by Crippen LogP contribution is -2.69. The zero-order valence-electron chi connectivity index (χ0n) is 17.5. The predicted molar refractivity (Wildman–Crippen MR) is 117 cm³/mol. The number of nitrogens with one attached hydrogen (secondary N) is 2. The van der Waals surface area contributed by atoms with E-state index in [0.717, 1.165) is 12.8 Å². The maximum absolute atomic E-state index is 13.0. The lowest BCUT2D eigenvalue weighted by Gasteiger charge is -2.48. The molecule has 0 aromatic carbocycles. The van der Waals surface area contributed by atoms with Gasteiger partial charge in [-0.05, 0) is 25.5 Å². The number of amides is 3. The minimum Gasteiger partial charge on any atom is -0.478 e. The monoisotopic (exact) mass is 461 g/mol. The van der Waals surface area contributed by atoms with Gasteiger partial charge in [-0.15, -0.1) is 11.8 Å². The first-order valence-electron chi connectivity index (χ1n) is 9.98. The summed E-state index contributed by atoms with van der Waals surface area (Å²) in [4.78, 5) is 58.3. The van der Waals surface area contributed by atoms with Crippen LogP contribution in [0.1, 0.15) is 32.4 Å². The van der Waals surface area contributed by atoms with Crippen molar-refractivity contribution in [2.45, 2.75) is 43.4 Å². The fourth-order valence-corrected chi connectivity index (χ4v) is 4.47. The van der Waals surface area contributed by atoms with E-state index in [1.54, 1.807) is 19.1 Å². The number of pyridine rings is 1. The summed E-state index contributed by atoms with van der Waals surface area (Å²) in [6.45, 7) is 4.01. The Bertz CT molecular complexity index is 981. The molecule has 1 fully saturated rings. The molecule has 3 amide bonds. The Balaban J connectivity index is 1.79. The minimum absolute atomic E-state index is 0.125. The van der Waals surface area contributed by atoms with Crippen LogP contribution in [0, 0.1) is 0 Å². The molecule has 0 bridgehead atoms. The second-order valence-corrected chi connectivity index (χ2v) is 8.51. The number of carbonyl (C=O) groups is 4. The Morgan fingerprint density at radius 1 is 1.41 bits per heavy atom. The first-order valence-corrected chi connectivity index (χ1v) is 10.9. The molecule has 0 radical (unpaired) electrons. The molecule has 3 N–H and O–H groups in total. The highest BCUT2D eigenvalue weighted by molar-refractivity contribution is 8.00. The Kier molecular flexibility index (Phi) is 7.46. The highest BCUT2D eigenvalue weighted by Crippen LogP contribution is 2.40. The molecule has 2 aliphatic heterocycles. The number of aromatic nitrogens is 1. The zero-order valence-corrected chi connectivity index (χ0v) is 18.3. The highest BCUT2D eigenvalue weighted by atomic mass is 32.2. The number of hydrogen-bond donors (Lipinski definition) is 3. The molecule has 2 aliphatic rings. The molecule has 3 heterocycles. The van der Waals surface area contributed by atoms with E-state index in [1.807, 2.05) is 6.92 Å². The van der Waals surface area contributed by atoms with Crippen molar-refractivity contribution in [2.75, 3.05) is 11.9 Å². The molecule has 2 unspecified atom stereocenters. The Hall–Kier alpha value is -3.41. The maximum atomic E-state index is 13.0. The lowest BCUT2D eigenvalue weighted by molar-refractivity contribution is -0.144. The summed E-state index contributed by atoms with van der Waals surface area (Å²) in [6, 6.07) is 3.83. The van der Waals surface area contributed by atoms with Crippen molar-refractivity contribution in [2.24, 2.45) is 5.16 Å². The average molecular weight is 462 g/mol. The first-order chi connectivity index (χ1) is 15.4. The number of oxime groups is 1. The van der Waals surface area contributed by atoms with Crippen LogP contribution in [0.3, 0.4) is 0 Å². The van der Waals surface area contributed by atoms with Crippen LogP contribution in [0.4, 0.5) is 5.82 Å². The van der Waals surface area contributed by atoms with Crippen molar-refractivity contribution >= 4 is 47.5 Å². The number of β-lactam (4-membered cyclic amide) rings is 1. The Morgan fingerprint density at radius 2 is 2.19 bits per heavy atom. The van der Waals surface area contributed by atoms with Gasteiger partial charge in [0.25, 0.3) is 11.8 Å². The number of unbranched alkanes of at least 4 members (excludes halogenated alkanes) is 1. The second kappa shape index (κ2) is 10.3. The number of hydrogen-bond acceptors (Lipinski definition) is 8. The molecule has 1 saturated heterocycles. The van der Waals surface area contributed by atoms with Crippen LogP contribution in [-0.4, -0.2) is 68.2 Å². The second-order valence-electron chi connectivity index (χ2n) is 7.05. The van der Waals surface area contributed by atoms with Gasteiger partial charge in [0.1, 0.15) is 29.5 Å². The Morgan fingerprint density at radius 3 is 2.88 bits per heavy atom. The fourth-order valence-electron chi connectivity index (χ4n) is 3.11. The van der Waals surface area contributed by atoms with E-state index >= 15 is 0 Å². The van der Waals surface area contributed by atoms with Gasteiger partial charge in [0.2, 0.25) is 6.41 Å². The number of carboxylic acid groups (broad SMARTS) is 1. The van der Waals surface area contributed by atoms with E-state index in [-0.39, 0.29) is 28.0 Å². The third kappa shape index (κ3) is 4.90. The molecule has 170 valence electrons. The number of fused-ring (bicyclic) bond motifs is 1. The molecule has 12 heteroatoms. The quantitative estimate of drug-likeness (QED) is 0.153. The van der Waals surface area contributed by atoms with Crippen molar-refractivity contribution in [3.8, 4) is 0 Å². The summed E-state index contributed by atoms with van der Waals surface area (Å²) in [5.74, 6) is -1.95. The van der Waals surface area contributed by atoms with Gasteiger partial charge in [0.05, 0.1) is 5.57 Å². The number of anilines is 1. The molecule has 0 saturated carbocycles. The number of nitrogens with zero attached hydrogens (tertiary/aromatic N) is 3. The van der Waals surface area contributed by atoms with Gasteiger partial charge in [0.15, 0.2) is 5.71 Å².